The normalized spacial score (nSPS) is 9.93. The Bertz CT molecular complexity index is 221. The molecule has 2 heteroatoms. The van der Waals surface area contributed by atoms with Crippen molar-refractivity contribution in [3.8, 4) is 0 Å². The summed E-state index contributed by atoms with van der Waals surface area (Å²) in [7, 11) is 0.0115. The molecule has 0 aliphatic heterocycles. The van der Waals surface area contributed by atoms with Gasteiger partial charge in [0.15, 0.2) is 0 Å². The molecule has 0 fully saturated rings. The van der Waals surface area contributed by atoms with Crippen LogP contribution in [-0.2, 0) is 6.42 Å². The number of benzene rings is 1. The van der Waals surface area contributed by atoms with Crippen molar-refractivity contribution in [2.24, 2.45) is 0 Å². The zero-order valence-corrected chi connectivity index (χ0v) is 12.3. The lowest BCUT2D eigenvalue weighted by molar-refractivity contribution is -0.00000284. The third-order valence-electron chi connectivity index (χ3n) is 2.24. The highest BCUT2D eigenvalue weighted by Crippen LogP contribution is 2.25. The fraction of sp³-hybridized carbons (Fsp3) is 0.500. The van der Waals surface area contributed by atoms with E-state index >= 15 is 0 Å². The number of hydrogen-bond acceptors (Lipinski definition) is 0. The molecule has 0 saturated heterocycles. The second-order valence-corrected chi connectivity index (χ2v) is 6.81. The van der Waals surface area contributed by atoms with Gasteiger partial charge in [0.1, 0.15) is 0 Å². The number of hydrogen-bond donors (Lipinski definition) is 0. The highest BCUT2D eigenvalue weighted by atomic mass is 127. The third-order valence-corrected chi connectivity index (χ3v) is 3.59. The molecule has 1 aromatic rings. The van der Waals surface area contributed by atoms with E-state index in [4.69, 9.17) is 0 Å². The van der Waals surface area contributed by atoms with Crippen molar-refractivity contribution in [2.75, 3.05) is 19.5 Å². The zero-order valence-electron chi connectivity index (χ0n) is 9.09. The van der Waals surface area contributed by atoms with Crippen molar-refractivity contribution < 1.29 is 24.0 Å². The molecule has 0 amide bonds. The molecule has 0 aromatic heterocycles. The molecule has 1 rings (SSSR count). The minimum absolute atomic E-state index is 0. The molecule has 0 unspecified atom stereocenters. The van der Waals surface area contributed by atoms with Gasteiger partial charge in [-0.25, -0.2) is 0 Å². The van der Waals surface area contributed by atoms with Crippen LogP contribution in [0.5, 0.6) is 0 Å². The Hall–Kier alpha value is 0.380. The number of aryl methyl sites for hydroxylation is 1. The molecule has 0 saturated carbocycles. The summed E-state index contributed by atoms with van der Waals surface area (Å²) in [6, 6.07) is 10.8. The Morgan fingerprint density at radius 1 is 1.00 bits per heavy atom. The van der Waals surface area contributed by atoms with Gasteiger partial charge in [0, 0.05) is 13.3 Å². The van der Waals surface area contributed by atoms with Crippen LogP contribution in [0, 0.1) is 0 Å². The van der Waals surface area contributed by atoms with Crippen LogP contribution in [0.1, 0.15) is 18.4 Å². The topological polar surface area (TPSA) is 0 Å². The first-order valence-electron chi connectivity index (χ1n) is 5.12. The third kappa shape index (κ3) is 6.78. The van der Waals surface area contributed by atoms with Crippen LogP contribution >= 0.6 is 7.92 Å². The summed E-state index contributed by atoms with van der Waals surface area (Å²) in [6.07, 6.45) is 5.50. The monoisotopic (exact) mass is 322 g/mol. The Labute approximate surface area is 106 Å². The van der Waals surface area contributed by atoms with Gasteiger partial charge < -0.3 is 24.0 Å². The SMILES string of the molecule is C[PH+](C)CCCCc1ccccc1.[I-]. The maximum atomic E-state index is 2.40. The molecule has 80 valence electrons. The summed E-state index contributed by atoms with van der Waals surface area (Å²) in [5, 5.41) is 0. The molecule has 14 heavy (non-hydrogen) atoms. The molecule has 0 radical (unpaired) electrons. The molecule has 0 heterocycles. The minimum Gasteiger partial charge on any atom is -1.00 e. The Balaban J connectivity index is 0.00000169. The molecule has 0 aliphatic carbocycles. The van der Waals surface area contributed by atoms with E-state index in [2.05, 4.69) is 43.7 Å². The van der Waals surface area contributed by atoms with Gasteiger partial charge in [-0.1, -0.05) is 30.3 Å². The van der Waals surface area contributed by atoms with Gasteiger partial charge in [0.05, 0.1) is 6.16 Å². The first-order valence-corrected chi connectivity index (χ1v) is 7.82. The quantitative estimate of drug-likeness (QED) is 0.420. The first-order chi connectivity index (χ1) is 6.29. The summed E-state index contributed by atoms with van der Waals surface area (Å²) >= 11 is 0. The van der Waals surface area contributed by atoms with E-state index in [0.717, 1.165) is 0 Å². The van der Waals surface area contributed by atoms with Crippen LogP contribution in [0.4, 0.5) is 0 Å². The van der Waals surface area contributed by atoms with E-state index in [9.17, 15) is 0 Å². The van der Waals surface area contributed by atoms with Gasteiger partial charge in [0.25, 0.3) is 0 Å². The van der Waals surface area contributed by atoms with Crippen molar-refractivity contribution in [3.63, 3.8) is 0 Å². The van der Waals surface area contributed by atoms with Gasteiger partial charge in [0.2, 0.25) is 0 Å². The average Bonchev–Trinajstić information content (AvgIpc) is 2.14. The molecule has 0 N–H and O–H groups in total. The van der Waals surface area contributed by atoms with Crippen LogP contribution in [0.25, 0.3) is 0 Å². The molecule has 0 nitrogen and oxygen atoms in total. The van der Waals surface area contributed by atoms with Crippen molar-refractivity contribution >= 4 is 7.92 Å². The second-order valence-electron chi connectivity index (χ2n) is 3.90. The molecule has 0 atom stereocenters. The van der Waals surface area contributed by atoms with Crippen molar-refractivity contribution in [3.05, 3.63) is 35.9 Å². The van der Waals surface area contributed by atoms with Crippen molar-refractivity contribution in [2.45, 2.75) is 19.3 Å². The van der Waals surface area contributed by atoms with Gasteiger partial charge in [-0.15, -0.1) is 0 Å². The largest absolute Gasteiger partial charge is 1.00 e. The molecular formula is C12H20IP. The smallest absolute Gasteiger partial charge is 0.0566 e. The predicted octanol–water partition coefficient (Wildman–Crippen LogP) is 0.487. The van der Waals surface area contributed by atoms with E-state index in [-0.39, 0.29) is 31.9 Å². The average molecular weight is 322 g/mol. The van der Waals surface area contributed by atoms with Crippen LogP contribution in [0.15, 0.2) is 30.3 Å². The molecule has 0 aliphatic rings. The molecule has 0 bridgehead atoms. The summed E-state index contributed by atoms with van der Waals surface area (Å²) in [5.41, 5.74) is 1.49. The first kappa shape index (κ1) is 14.4. The fourth-order valence-corrected chi connectivity index (χ4v) is 2.41. The summed E-state index contributed by atoms with van der Waals surface area (Å²) in [5.74, 6) is 0. The lowest BCUT2D eigenvalue weighted by atomic mass is 10.1. The second kappa shape index (κ2) is 8.67. The van der Waals surface area contributed by atoms with Crippen LogP contribution in [-0.4, -0.2) is 19.5 Å². The summed E-state index contributed by atoms with van der Waals surface area (Å²) < 4.78 is 0. The summed E-state index contributed by atoms with van der Waals surface area (Å²) in [4.78, 5) is 0. The number of unbranched alkanes of at least 4 members (excludes halogenated alkanes) is 1. The van der Waals surface area contributed by atoms with Crippen LogP contribution in [0.2, 0.25) is 0 Å². The number of rotatable bonds is 5. The van der Waals surface area contributed by atoms with E-state index < -0.39 is 0 Å². The van der Waals surface area contributed by atoms with Crippen LogP contribution in [0.3, 0.4) is 0 Å². The van der Waals surface area contributed by atoms with Gasteiger partial charge >= 0.3 is 0 Å². The standard InChI is InChI=1S/C12H19P.HI/c1-13(2)11-7-6-10-12-8-4-3-5-9-12;/h3-5,8-9H,6-7,10-11H2,1-2H3;1H. The highest BCUT2D eigenvalue weighted by molar-refractivity contribution is 7.55. The summed E-state index contributed by atoms with van der Waals surface area (Å²) in [6.45, 7) is 4.79. The Morgan fingerprint density at radius 3 is 2.21 bits per heavy atom. The van der Waals surface area contributed by atoms with Gasteiger partial charge in [-0.05, 0) is 32.7 Å². The lowest BCUT2D eigenvalue weighted by Gasteiger charge is -2.00. The Kier molecular flexibility index (Phi) is 8.90. The molecular weight excluding hydrogens is 302 g/mol. The van der Waals surface area contributed by atoms with E-state index in [1.807, 2.05) is 0 Å². The highest BCUT2D eigenvalue weighted by Gasteiger charge is 1.99. The van der Waals surface area contributed by atoms with Gasteiger partial charge in [-0.2, -0.15) is 0 Å². The zero-order chi connectivity index (χ0) is 9.52. The van der Waals surface area contributed by atoms with Gasteiger partial charge in [-0.3, -0.25) is 0 Å². The van der Waals surface area contributed by atoms with E-state index in [1.165, 1.54) is 31.0 Å². The molecule has 1 aromatic carbocycles. The molecule has 0 spiro atoms. The van der Waals surface area contributed by atoms with Crippen LogP contribution < -0.4 is 24.0 Å². The minimum atomic E-state index is 0. The number of halogens is 1. The maximum Gasteiger partial charge on any atom is 0.0566 e. The van der Waals surface area contributed by atoms with E-state index in [0.29, 0.717) is 0 Å². The predicted molar refractivity (Wildman–Crippen MR) is 64.4 cm³/mol. The fourth-order valence-electron chi connectivity index (χ4n) is 1.45. The van der Waals surface area contributed by atoms with Crippen molar-refractivity contribution in [1.82, 2.24) is 0 Å². The van der Waals surface area contributed by atoms with E-state index in [1.54, 1.807) is 0 Å². The lowest BCUT2D eigenvalue weighted by Crippen LogP contribution is -3.00. The van der Waals surface area contributed by atoms with Crippen molar-refractivity contribution in [1.29, 1.82) is 0 Å². The maximum absolute atomic E-state index is 2.40. The Morgan fingerprint density at radius 2 is 1.64 bits per heavy atom.